The van der Waals surface area contributed by atoms with Crippen molar-refractivity contribution in [1.82, 2.24) is 0 Å². The molecule has 0 heterocycles. The van der Waals surface area contributed by atoms with E-state index in [-0.39, 0.29) is 43.0 Å². The largest absolute Gasteiger partial charge is 0.491 e. The van der Waals surface area contributed by atoms with E-state index in [0.717, 1.165) is 64.6 Å². The fourth-order valence-electron chi connectivity index (χ4n) is 6.86. The first-order valence-electron chi connectivity index (χ1n) is 20.9. The average molecular weight is 855 g/mol. The number of halogens is 2. The van der Waals surface area contributed by atoms with Crippen molar-refractivity contribution in [2.75, 3.05) is 26.4 Å². The number of hydrogen-bond acceptors (Lipinski definition) is 6. The number of aliphatic hydroxyl groups excluding tert-OH is 1. The Labute approximate surface area is 364 Å². The topological polar surface area (TPSA) is 82.1 Å². The van der Waals surface area contributed by atoms with Crippen LogP contribution in [-0.4, -0.2) is 40.0 Å². The maximum absolute atomic E-state index is 14.9. The zero-order valence-electron chi connectivity index (χ0n) is 35.3. The van der Waals surface area contributed by atoms with Crippen molar-refractivity contribution in [1.29, 1.82) is 0 Å². The molecule has 9 heteroatoms. The molecule has 0 radical (unpaired) electrons. The fourth-order valence-corrected chi connectivity index (χ4v) is 7.76. The first-order valence-corrected chi connectivity index (χ1v) is 22.3. The first kappa shape index (κ1) is 45.4. The maximum atomic E-state index is 14.9. The van der Waals surface area contributed by atoms with Gasteiger partial charge in [0, 0.05) is 11.1 Å². The van der Waals surface area contributed by atoms with Crippen LogP contribution in [0.1, 0.15) is 43.4 Å². The minimum absolute atomic E-state index is 0.0200. The predicted octanol–water partition coefficient (Wildman–Crippen LogP) is 12.7. The van der Waals surface area contributed by atoms with E-state index in [1.807, 2.05) is 97.9 Å². The second kappa shape index (κ2) is 22.1. The van der Waals surface area contributed by atoms with Gasteiger partial charge in [-0.25, -0.2) is 8.78 Å². The Bertz CT molecular complexity index is 2590. The minimum atomic E-state index is -3.82. The van der Waals surface area contributed by atoms with E-state index in [0.29, 0.717) is 22.6 Å². The number of ether oxygens (including phenoxy) is 2. The summed E-state index contributed by atoms with van der Waals surface area (Å²) >= 11 is 0. The lowest BCUT2D eigenvalue weighted by molar-refractivity contribution is 0.201. The van der Waals surface area contributed by atoms with Gasteiger partial charge in [0.15, 0.2) is 0 Å². The van der Waals surface area contributed by atoms with Crippen LogP contribution in [0.3, 0.4) is 0 Å². The van der Waals surface area contributed by atoms with Crippen molar-refractivity contribution in [3.63, 3.8) is 0 Å². The molecular formula is C53H52F2O6S. The summed E-state index contributed by atoms with van der Waals surface area (Å²) in [4.78, 5) is 0.115. The molecule has 0 aliphatic rings. The van der Waals surface area contributed by atoms with Crippen LogP contribution in [0.2, 0.25) is 0 Å². The molecule has 0 amide bonds. The van der Waals surface area contributed by atoms with Crippen LogP contribution in [0.5, 0.6) is 11.5 Å². The van der Waals surface area contributed by atoms with Crippen molar-refractivity contribution in [3.8, 4) is 56.0 Å². The molecule has 0 spiro atoms. The third-order valence-corrected chi connectivity index (χ3v) is 11.5. The summed E-state index contributed by atoms with van der Waals surface area (Å²) in [7, 11) is -3.82. The molecule has 0 fully saturated rings. The second-order valence-electron chi connectivity index (χ2n) is 14.8. The third kappa shape index (κ3) is 12.5. The highest BCUT2D eigenvalue weighted by atomic mass is 32.2. The van der Waals surface area contributed by atoms with Crippen molar-refractivity contribution in [3.05, 3.63) is 186 Å². The van der Waals surface area contributed by atoms with Crippen LogP contribution in [0.4, 0.5) is 8.78 Å². The van der Waals surface area contributed by atoms with Gasteiger partial charge in [-0.2, -0.15) is 8.42 Å². The Kier molecular flexibility index (Phi) is 16.2. The lowest BCUT2D eigenvalue weighted by atomic mass is 9.98. The number of rotatable bonds is 17. The van der Waals surface area contributed by atoms with Crippen LogP contribution in [0.25, 0.3) is 44.5 Å². The van der Waals surface area contributed by atoms with Gasteiger partial charge in [0.2, 0.25) is 0 Å². The molecular weight excluding hydrogens is 803 g/mol. The normalized spacial score (nSPS) is 11.1. The lowest BCUT2D eigenvalue weighted by Gasteiger charge is -2.10. The molecule has 7 aromatic rings. The molecule has 7 rings (SSSR count). The van der Waals surface area contributed by atoms with E-state index >= 15 is 0 Å². The quantitative estimate of drug-likeness (QED) is 0.0726. The molecule has 0 aromatic heterocycles. The van der Waals surface area contributed by atoms with E-state index < -0.39 is 10.1 Å². The van der Waals surface area contributed by atoms with E-state index in [4.69, 9.17) is 18.8 Å². The SMILES string of the molecule is CCCc1ccc(-c2ccc(-c3ccc(OCCO)cc3)cc2F)cc1.CCCc1ccc(-c2ccc(-c3ccc(OCCOS(=O)(=O)c4ccc(C)cc4)cc3)cc2F)cc1. The van der Waals surface area contributed by atoms with Gasteiger partial charge in [-0.05, 0) is 113 Å². The van der Waals surface area contributed by atoms with E-state index in [1.165, 1.54) is 29.3 Å². The van der Waals surface area contributed by atoms with Gasteiger partial charge in [-0.15, -0.1) is 0 Å². The van der Waals surface area contributed by atoms with Crippen LogP contribution in [0, 0.1) is 18.6 Å². The highest BCUT2D eigenvalue weighted by Crippen LogP contribution is 2.31. The molecule has 0 aliphatic carbocycles. The second-order valence-corrected chi connectivity index (χ2v) is 16.5. The standard InChI is InChI=1S/C30H29FO4S.C23H23FO2/c1-3-4-23-7-9-25(10-8-23)29-18-13-26(21-30(29)31)24-11-14-27(15-12-24)34-19-20-35-36(32,33)28-16-5-22(2)6-17-28;1-2-3-17-4-6-19(7-5-17)22-13-10-20(16-23(22)24)18-8-11-21(12-9-18)26-15-14-25/h5-18,21H,3-4,19-20H2,1-2H3;4-13,16,25H,2-3,14-15H2,1H3. The Morgan fingerprint density at radius 1 is 0.484 bits per heavy atom. The van der Waals surface area contributed by atoms with Crippen molar-refractivity contribution in [2.24, 2.45) is 0 Å². The fraction of sp³-hybridized carbons (Fsp3) is 0.208. The Morgan fingerprint density at radius 2 is 0.887 bits per heavy atom. The Hall–Kier alpha value is -6.13. The molecule has 0 bridgehead atoms. The molecule has 6 nitrogen and oxygen atoms in total. The highest BCUT2D eigenvalue weighted by Gasteiger charge is 2.15. The third-order valence-electron chi connectivity index (χ3n) is 10.2. The van der Waals surface area contributed by atoms with Crippen molar-refractivity contribution < 1.29 is 36.0 Å². The summed E-state index contributed by atoms with van der Waals surface area (Å²) in [6, 6.07) is 47.8. The van der Waals surface area contributed by atoms with E-state index in [2.05, 4.69) is 26.0 Å². The summed E-state index contributed by atoms with van der Waals surface area (Å²) in [5, 5.41) is 8.79. The first-order chi connectivity index (χ1) is 30.1. The molecule has 1 N–H and O–H groups in total. The smallest absolute Gasteiger partial charge is 0.297 e. The molecule has 320 valence electrons. The molecule has 0 aliphatic heterocycles. The van der Waals surface area contributed by atoms with Gasteiger partial charge in [0.25, 0.3) is 10.1 Å². The van der Waals surface area contributed by atoms with Gasteiger partial charge >= 0.3 is 0 Å². The zero-order valence-corrected chi connectivity index (χ0v) is 36.1. The summed E-state index contributed by atoms with van der Waals surface area (Å²) in [5.41, 5.74) is 9.78. The number of aryl methyl sites for hydroxylation is 3. The van der Waals surface area contributed by atoms with Crippen LogP contribution in [-0.2, 0) is 27.1 Å². The highest BCUT2D eigenvalue weighted by molar-refractivity contribution is 7.86. The molecule has 0 atom stereocenters. The summed E-state index contributed by atoms with van der Waals surface area (Å²) < 4.78 is 70.0. The zero-order chi connectivity index (χ0) is 43.9. The Morgan fingerprint density at radius 3 is 1.29 bits per heavy atom. The maximum Gasteiger partial charge on any atom is 0.297 e. The summed E-state index contributed by atoms with van der Waals surface area (Å²) in [6.07, 6.45) is 4.24. The average Bonchev–Trinajstić information content (AvgIpc) is 3.29. The van der Waals surface area contributed by atoms with Crippen LogP contribution >= 0.6 is 0 Å². The summed E-state index contributed by atoms with van der Waals surface area (Å²) in [6.45, 7) is 6.38. The van der Waals surface area contributed by atoms with Gasteiger partial charge < -0.3 is 14.6 Å². The number of benzene rings is 7. The molecule has 7 aromatic carbocycles. The van der Waals surface area contributed by atoms with Crippen LogP contribution in [0.15, 0.2) is 163 Å². The van der Waals surface area contributed by atoms with Gasteiger partial charge in [-0.3, -0.25) is 4.18 Å². The predicted molar refractivity (Wildman–Crippen MR) is 245 cm³/mol. The molecule has 0 saturated heterocycles. The van der Waals surface area contributed by atoms with E-state index in [9.17, 15) is 17.2 Å². The van der Waals surface area contributed by atoms with E-state index in [1.54, 1.807) is 36.4 Å². The lowest BCUT2D eigenvalue weighted by Crippen LogP contribution is -2.13. The number of hydrogen-bond donors (Lipinski definition) is 1. The monoisotopic (exact) mass is 854 g/mol. The van der Waals surface area contributed by atoms with Gasteiger partial charge in [0.1, 0.15) is 43.0 Å². The molecule has 0 saturated carbocycles. The minimum Gasteiger partial charge on any atom is -0.491 e. The molecule has 62 heavy (non-hydrogen) atoms. The molecule has 0 unspecified atom stereocenters. The van der Waals surface area contributed by atoms with Crippen LogP contribution < -0.4 is 9.47 Å². The Balaban J connectivity index is 0.000000218. The van der Waals surface area contributed by atoms with Gasteiger partial charge in [0.05, 0.1) is 11.5 Å². The van der Waals surface area contributed by atoms with Crippen molar-refractivity contribution >= 4 is 10.1 Å². The summed E-state index contributed by atoms with van der Waals surface area (Å²) in [5.74, 6) is 0.751. The van der Waals surface area contributed by atoms with Crippen molar-refractivity contribution in [2.45, 2.75) is 51.3 Å². The number of aliphatic hydroxyl groups is 1. The van der Waals surface area contributed by atoms with Gasteiger partial charge in [-0.1, -0.05) is 141 Å².